The van der Waals surface area contributed by atoms with Crippen molar-refractivity contribution in [3.8, 4) is 0 Å². The van der Waals surface area contributed by atoms with Gasteiger partial charge in [-0.15, -0.1) is 0 Å². The van der Waals surface area contributed by atoms with Gasteiger partial charge in [0.25, 0.3) is 0 Å². The summed E-state index contributed by atoms with van der Waals surface area (Å²) in [6.07, 6.45) is 2.94. The van der Waals surface area contributed by atoms with E-state index in [0.29, 0.717) is 0 Å². The lowest BCUT2D eigenvalue weighted by molar-refractivity contribution is 0.0863. The van der Waals surface area contributed by atoms with E-state index in [1.54, 1.807) is 0 Å². The Kier molecular flexibility index (Phi) is 3.34. The average molecular weight is 231 g/mol. The van der Waals surface area contributed by atoms with Gasteiger partial charge in [0, 0.05) is 5.56 Å². The van der Waals surface area contributed by atoms with Gasteiger partial charge in [-0.25, -0.2) is 0 Å². The number of carbonyl (C=O) groups is 1. The maximum Gasteiger partial charge on any atom is 0.182 e. The minimum absolute atomic E-state index is 0.268. The fourth-order valence-corrected chi connectivity index (χ4v) is 2.84. The van der Waals surface area contributed by atoms with Crippen LogP contribution in [0.1, 0.15) is 47.7 Å². The molecule has 1 aliphatic rings. The summed E-state index contributed by atoms with van der Waals surface area (Å²) in [4.78, 5) is 12.6. The highest BCUT2D eigenvalue weighted by Gasteiger charge is 2.39. The van der Waals surface area contributed by atoms with Crippen molar-refractivity contribution in [3.63, 3.8) is 0 Å². The summed E-state index contributed by atoms with van der Waals surface area (Å²) in [5.74, 6) is 0.268. The van der Waals surface area contributed by atoms with Crippen LogP contribution in [0.4, 0.5) is 0 Å². The molecule has 92 valence electrons. The molecular formula is C15H21NO. The zero-order valence-corrected chi connectivity index (χ0v) is 11.0. The molecule has 0 bridgehead atoms. The molecule has 0 radical (unpaired) electrons. The second kappa shape index (κ2) is 4.61. The quantitative estimate of drug-likeness (QED) is 0.810. The van der Waals surface area contributed by atoms with E-state index < -0.39 is 0 Å². The van der Waals surface area contributed by atoms with Crippen molar-refractivity contribution in [3.05, 3.63) is 34.9 Å². The molecule has 1 aliphatic heterocycles. The van der Waals surface area contributed by atoms with Gasteiger partial charge in [0.05, 0.1) is 5.54 Å². The molecule has 2 heteroatoms. The summed E-state index contributed by atoms with van der Waals surface area (Å²) in [7, 11) is 0. The van der Waals surface area contributed by atoms with Crippen LogP contribution >= 0.6 is 0 Å². The average Bonchev–Trinajstić information content (AvgIpc) is 2.76. The molecule has 2 nitrogen and oxygen atoms in total. The van der Waals surface area contributed by atoms with Crippen LogP contribution in [0.3, 0.4) is 0 Å². The van der Waals surface area contributed by atoms with Crippen LogP contribution in [0.15, 0.2) is 18.2 Å². The SMILES string of the molecule is CCC1(C(=O)c2cc(C)cc(C)c2)CCCN1. The molecule has 1 unspecified atom stereocenters. The molecule has 0 aliphatic carbocycles. The van der Waals surface area contributed by atoms with Crippen LogP contribution in [-0.4, -0.2) is 17.9 Å². The topological polar surface area (TPSA) is 29.1 Å². The van der Waals surface area contributed by atoms with Crippen molar-refractivity contribution in [1.29, 1.82) is 0 Å². The Labute approximate surface area is 103 Å². The molecule has 2 rings (SSSR count). The zero-order valence-electron chi connectivity index (χ0n) is 11.0. The largest absolute Gasteiger partial charge is 0.305 e. The smallest absolute Gasteiger partial charge is 0.182 e. The first kappa shape index (κ1) is 12.3. The van der Waals surface area contributed by atoms with Gasteiger partial charge in [-0.3, -0.25) is 4.79 Å². The molecule has 1 aromatic carbocycles. The molecule has 0 saturated carbocycles. The summed E-state index contributed by atoms with van der Waals surface area (Å²) in [5, 5.41) is 3.41. The first-order valence-corrected chi connectivity index (χ1v) is 6.45. The molecule has 0 spiro atoms. The van der Waals surface area contributed by atoms with Crippen molar-refractivity contribution in [2.45, 2.75) is 45.6 Å². The number of hydrogen-bond acceptors (Lipinski definition) is 2. The van der Waals surface area contributed by atoms with Crippen molar-refractivity contribution in [2.75, 3.05) is 6.54 Å². The van der Waals surface area contributed by atoms with Gasteiger partial charge in [-0.2, -0.15) is 0 Å². The second-order valence-electron chi connectivity index (χ2n) is 5.17. The van der Waals surface area contributed by atoms with E-state index in [1.165, 1.54) is 0 Å². The van der Waals surface area contributed by atoms with E-state index in [9.17, 15) is 4.79 Å². The lowest BCUT2D eigenvalue weighted by atomic mass is 9.84. The van der Waals surface area contributed by atoms with Gasteiger partial charge in [0.15, 0.2) is 5.78 Å². The van der Waals surface area contributed by atoms with E-state index in [4.69, 9.17) is 0 Å². The molecule has 0 aromatic heterocycles. The van der Waals surface area contributed by atoms with Gasteiger partial charge in [0.2, 0.25) is 0 Å². The van der Waals surface area contributed by atoms with E-state index in [0.717, 1.165) is 42.5 Å². The van der Waals surface area contributed by atoms with E-state index in [-0.39, 0.29) is 11.3 Å². The molecule has 0 amide bonds. The summed E-state index contributed by atoms with van der Waals surface area (Å²) in [6, 6.07) is 6.12. The van der Waals surface area contributed by atoms with E-state index >= 15 is 0 Å². The third kappa shape index (κ3) is 2.27. The van der Waals surface area contributed by atoms with Crippen LogP contribution in [-0.2, 0) is 0 Å². The summed E-state index contributed by atoms with van der Waals surface area (Å²) >= 11 is 0. The number of rotatable bonds is 3. The number of ketones is 1. The number of benzene rings is 1. The van der Waals surface area contributed by atoms with Crippen molar-refractivity contribution >= 4 is 5.78 Å². The number of carbonyl (C=O) groups excluding carboxylic acids is 1. The van der Waals surface area contributed by atoms with Crippen molar-refractivity contribution in [2.24, 2.45) is 0 Å². The fourth-order valence-electron chi connectivity index (χ4n) is 2.84. The second-order valence-corrected chi connectivity index (χ2v) is 5.17. The Morgan fingerprint density at radius 2 is 1.94 bits per heavy atom. The highest BCUT2D eigenvalue weighted by atomic mass is 16.1. The number of nitrogens with one attached hydrogen (secondary N) is 1. The van der Waals surface area contributed by atoms with Gasteiger partial charge in [0.1, 0.15) is 0 Å². The molecule has 1 heterocycles. The Bertz CT molecular complexity index is 410. The monoisotopic (exact) mass is 231 g/mol. The fraction of sp³-hybridized carbons (Fsp3) is 0.533. The minimum Gasteiger partial charge on any atom is -0.305 e. The normalized spacial score (nSPS) is 23.9. The standard InChI is InChI=1S/C15H21NO/c1-4-15(6-5-7-16-15)14(17)13-9-11(2)8-12(3)10-13/h8-10,16H,4-7H2,1-3H3. The summed E-state index contributed by atoms with van der Waals surface area (Å²) in [5.41, 5.74) is 2.88. The first-order chi connectivity index (χ1) is 8.07. The number of hydrogen-bond donors (Lipinski definition) is 1. The third-order valence-corrected chi connectivity index (χ3v) is 3.77. The first-order valence-electron chi connectivity index (χ1n) is 6.45. The molecule has 1 saturated heterocycles. The minimum atomic E-state index is -0.305. The van der Waals surface area contributed by atoms with Crippen LogP contribution in [0, 0.1) is 13.8 Å². The van der Waals surface area contributed by atoms with Gasteiger partial charge in [-0.05, 0) is 51.8 Å². The van der Waals surface area contributed by atoms with Gasteiger partial charge >= 0.3 is 0 Å². The Balaban J connectivity index is 2.35. The molecule has 1 fully saturated rings. The van der Waals surface area contributed by atoms with E-state index in [2.05, 4.69) is 18.3 Å². The molecule has 17 heavy (non-hydrogen) atoms. The van der Waals surface area contributed by atoms with Gasteiger partial charge < -0.3 is 5.32 Å². The highest BCUT2D eigenvalue weighted by Crippen LogP contribution is 2.28. The maximum absolute atomic E-state index is 12.6. The predicted octanol–water partition coefficient (Wildman–Crippen LogP) is 3.02. The van der Waals surface area contributed by atoms with Crippen LogP contribution in [0.2, 0.25) is 0 Å². The van der Waals surface area contributed by atoms with E-state index in [1.807, 2.05) is 26.0 Å². The molecule has 1 aromatic rings. The number of aryl methyl sites for hydroxylation is 2. The van der Waals surface area contributed by atoms with Crippen molar-refractivity contribution < 1.29 is 4.79 Å². The predicted molar refractivity (Wildman–Crippen MR) is 70.5 cm³/mol. The lowest BCUT2D eigenvalue weighted by Crippen LogP contribution is -2.47. The Morgan fingerprint density at radius 1 is 1.29 bits per heavy atom. The Morgan fingerprint density at radius 3 is 2.41 bits per heavy atom. The molecule has 1 atom stereocenters. The zero-order chi connectivity index (χ0) is 12.5. The number of Topliss-reactive ketones (excluding diaryl/α,β-unsaturated/α-hetero) is 1. The van der Waals surface area contributed by atoms with Crippen LogP contribution < -0.4 is 5.32 Å². The third-order valence-electron chi connectivity index (χ3n) is 3.77. The molecular weight excluding hydrogens is 210 g/mol. The lowest BCUT2D eigenvalue weighted by Gasteiger charge is -2.26. The van der Waals surface area contributed by atoms with Crippen LogP contribution in [0.5, 0.6) is 0 Å². The van der Waals surface area contributed by atoms with Crippen molar-refractivity contribution in [1.82, 2.24) is 5.32 Å². The summed E-state index contributed by atoms with van der Waals surface area (Å²) < 4.78 is 0. The highest BCUT2D eigenvalue weighted by molar-refractivity contribution is 6.03. The summed E-state index contributed by atoms with van der Waals surface area (Å²) in [6.45, 7) is 7.15. The molecule has 1 N–H and O–H groups in total. The van der Waals surface area contributed by atoms with Gasteiger partial charge in [-0.1, -0.05) is 24.1 Å². The van der Waals surface area contributed by atoms with Crippen LogP contribution in [0.25, 0.3) is 0 Å². The Hall–Kier alpha value is -1.15. The maximum atomic E-state index is 12.6.